The Labute approximate surface area is 123 Å². The van der Waals surface area contributed by atoms with Crippen LogP contribution in [0.1, 0.15) is 46.6 Å². The van der Waals surface area contributed by atoms with E-state index in [9.17, 15) is 8.42 Å². The van der Waals surface area contributed by atoms with Crippen molar-refractivity contribution in [1.82, 2.24) is 4.72 Å². The summed E-state index contributed by atoms with van der Waals surface area (Å²) in [7, 11) is -3.44. The van der Waals surface area contributed by atoms with Gasteiger partial charge in [-0.2, -0.15) is 0 Å². The van der Waals surface area contributed by atoms with E-state index in [1.54, 1.807) is 6.08 Å². The molecule has 20 heavy (non-hydrogen) atoms. The molecule has 1 N–H and O–H groups in total. The molecule has 1 rings (SSSR count). The third-order valence-electron chi connectivity index (χ3n) is 2.63. The van der Waals surface area contributed by atoms with Crippen molar-refractivity contribution >= 4 is 16.1 Å². The zero-order chi connectivity index (χ0) is 15.4. The molecule has 0 saturated carbocycles. The fourth-order valence-corrected chi connectivity index (χ4v) is 3.76. The minimum absolute atomic E-state index is 0.0646. The van der Waals surface area contributed by atoms with Crippen LogP contribution in [-0.2, 0) is 10.0 Å². The maximum atomic E-state index is 12.1. The largest absolute Gasteiger partial charge is 0.234 e. The Balaban J connectivity index is 2.78. The van der Waals surface area contributed by atoms with Crippen molar-refractivity contribution in [3.05, 3.63) is 41.3 Å². The zero-order valence-electron chi connectivity index (χ0n) is 13.0. The minimum atomic E-state index is -3.44. The van der Waals surface area contributed by atoms with Gasteiger partial charge in [-0.3, -0.25) is 0 Å². The summed E-state index contributed by atoms with van der Waals surface area (Å²) in [6, 6.07) is 9.39. The first-order chi connectivity index (χ1) is 8.99. The van der Waals surface area contributed by atoms with E-state index in [4.69, 9.17) is 0 Å². The predicted octanol–water partition coefficient (Wildman–Crippen LogP) is 3.79. The summed E-state index contributed by atoms with van der Waals surface area (Å²) in [5, 5.41) is 1.23. The molecule has 0 fully saturated rings. The topological polar surface area (TPSA) is 46.2 Å². The van der Waals surface area contributed by atoms with E-state index >= 15 is 0 Å². The molecule has 112 valence electrons. The summed E-state index contributed by atoms with van der Waals surface area (Å²) in [4.78, 5) is 0. The second kappa shape index (κ2) is 6.10. The standard InChI is InChI=1S/C16H25NO2S/c1-15(2,3)13-16(4,5)17-20(18,19)12-11-14-9-7-6-8-10-14/h6-12,17H,13H2,1-5H3/b12-11+. The SMILES string of the molecule is CC(C)(C)CC(C)(C)NS(=O)(=O)/C=C/c1ccccc1. The summed E-state index contributed by atoms with van der Waals surface area (Å²) in [6.07, 6.45) is 2.37. The van der Waals surface area contributed by atoms with Gasteiger partial charge in [0.25, 0.3) is 0 Å². The summed E-state index contributed by atoms with van der Waals surface area (Å²) in [5.74, 6) is 0. The molecule has 0 amide bonds. The van der Waals surface area contributed by atoms with Gasteiger partial charge in [0.15, 0.2) is 0 Å². The normalized spacial score (nSPS) is 13.8. The van der Waals surface area contributed by atoms with Crippen molar-refractivity contribution in [3.8, 4) is 0 Å². The molecule has 0 aliphatic rings. The van der Waals surface area contributed by atoms with Crippen LogP contribution in [0.5, 0.6) is 0 Å². The first kappa shape index (κ1) is 16.9. The fraction of sp³-hybridized carbons (Fsp3) is 0.500. The average molecular weight is 295 g/mol. The van der Waals surface area contributed by atoms with Gasteiger partial charge in [-0.1, -0.05) is 51.1 Å². The van der Waals surface area contributed by atoms with Crippen LogP contribution in [0.25, 0.3) is 6.08 Å². The van der Waals surface area contributed by atoms with E-state index in [0.29, 0.717) is 0 Å². The van der Waals surface area contributed by atoms with Crippen molar-refractivity contribution in [2.75, 3.05) is 0 Å². The van der Waals surface area contributed by atoms with Crippen molar-refractivity contribution in [2.45, 2.75) is 46.6 Å². The van der Waals surface area contributed by atoms with E-state index in [1.807, 2.05) is 44.2 Å². The molecule has 0 unspecified atom stereocenters. The highest BCUT2D eigenvalue weighted by Gasteiger charge is 2.28. The molecule has 0 bridgehead atoms. The van der Waals surface area contributed by atoms with Crippen LogP contribution in [0.4, 0.5) is 0 Å². The van der Waals surface area contributed by atoms with E-state index in [1.165, 1.54) is 5.41 Å². The molecule has 0 aromatic heterocycles. The predicted molar refractivity (Wildman–Crippen MR) is 85.7 cm³/mol. The van der Waals surface area contributed by atoms with E-state index in [0.717, 1.165) is 12.0 Å². The van der Waals surface area contributed by atoms with E-state index < -0.39 is 15.6 Å². The fourth-order valence-electron chi connectivity index (χ4n) is 2.51. The van der Waals surface area contributed by atoms with Crippen molar-refractivity contribution in [3.63, 3.8) is 0 Å². The Morgan fingerprint density at radius 3 is 2.10 bits per heavy atom. The molecule has 0 heterocycles. The Bertz CT molecular complexity index is 552. The zero-order valence-corrected chi connectivity index (χ0v) is 13.8. The molecule has 3 nitrogen and oxygen atoms in total. The number of benzene rings is 1. The third-order valence-corrected chi connectivity index (χ3v) is 3.96. The van der Waals surface area contributed by atoms with E-state index in [2.05, 4.69) is 25.5 Å². The quantitative estimate of drug-likeness (QED) is 0.898. The number of hydrogen-bond acceptors (Lipinski definition) is 2. The molecule has 0 atom stereocenters. The van der Waals surface area contributed by atoms with Gasteiger partial charge in [0.1, 0.15) is 0 Å². The van der Waals surface area contributed by atoms with Crippen LogP contribution < -0.4 is 4.72 Å². The van der Waals surface area contributed by atoms with Crippen LogP contribution in [0.2, 0.25) is 0 Å². The summed E-state index contributed by atoms with van der Waals surface area (Å²) >= 11 is 0. The lowest BCUT2D eigenvalue weighted by Gasteiger charge is -2.32. The van der Waals surface area contributed by atoms with Crippen molar-refractivity contribution in [1.29, 1.82) is 0 Å². The molecular formula is C16H25NO2S. The number of nitrogens with one attached hydrogen (secondary N) is 1. The van der Waals surface area contributed by atoms with Crippen LogP contribution in [0.3, 0.4) is 0 Å². The van der Waals surface area contributed by atoms with E-state index in [-0.39, 0.29) is 5.41 Å². The molecule has 1 aromatic rings. The summed E-state index contributed by atoms with van der Waals surface area (Å²) in [5.41, 5.74) is 0.458. The maximum Gasteiger partial charge on any atom is 0.234 e. The molecular weight excluding hydrogens is 270 g/mol. The molecule has 4 heteroatoms. The van der Waals surface area contributed by atoms with Crippen LogP contribution in [0.15, 0.2) is 35.7 Å². The van der Waals surface area contributed by atoms with Gasteiger partial charge in [-0.25, -0.2) is 13.1 Å². The second-order valence-electron chi connectivity index (χ2n) is 6.98. The van der Waals surface area contributed by atoms with Gasteiger partial charge in [-0.15, -0.1) is 0 Å². The van der Waals surface area contributed by atoms with Gasteiger partial charge in [0.05, 0.1) is 0 Å². The number of rotatable bonds is 5. The third kappa shape index (κ3) is 6.87. The first-order valence-corrected chi connectivity index (χ1v) is 8.31. The molecule has 0 aliphatic carbocycles. The minimum Gasteiger partial charge on any atom is -0.208 e. The van der Waals surface area contributed by atoms with Gasteiger partial charge in [0, 0.05) is 10.9 Å². The molecule has 0 aliphatic heterocycles. The molecule has 0 spiro atoms. The van der Waals surface area contributed by atoms with Gasteiger partial charge in [0.2, 0.25) is 10.0 Å². The summed E-state index contributed by atoms with van der Waals surface area (Å²) in [6.45, 7) is 10.1. The number of hydrogen-bond donors (Lipinski definition) is 1. The highest BCUT2D eigenvalue weighted by atomic mass is 32.2. The lowest BCUT2D eigenvalue weighted by Crippen LogP contribution is -2.44. The van der Waals surface area contributed by atoms with Gasteiger partial charge < -0.3 is 0 Å². The van der Waals surface area contributed by atoms with Crippen molar-refractivity contribution in [2.24, 2.45) is 5.41 Å². The maximum absolute atomic E-state index is 12.1. The van der Waals surface area contributed by atoms with Gasteiger partial charge in [-0.05, 0) is 37.3 Å². The first-order valence-electron chi connectivity index (χ1n) is 6.76. The smallest absolute Gasteiger partial charge is 0.208 e. The number of sulfonamides is 1. The molecule has 0 radical (unpaired) electrons. The summed E-state index contributed by atoms with van der Waals surface area (Å²) < 4.78 is 27.0. The average Bonchev–Trinajstić information content (AvgIpc) is 2.23. The highest BCUT2D eigenvalue weighted by molar-refractivity contribution is 7.92. The lowest BCUT2D eigenvalue weighted by atomic mass is 9.82. The van der Waals surface area contributed by atoms with Crippen LogP contribution in [0, 0.1) is 5.41 Å². The lowest BCUT2D eigenvalue weighted by molar-refractivity contribution is 0.270. The highest BCUT2D eigenvalue weighted by Crippen LogP contribution is 2.27. The Kier molecular flexibility index (Phi) is 5.16. The van der Waals surface area contributed by atoms with Crippen molar-refractivity contribution < 1.29 is 8.42 Å². The van der Waals surface area contributed by atoms with Gasteiger partial charge >= 0.3 is 0 Å². The monoisotopic (exact) mass is 295 g/mol. The Hall–Kier alpha value is -1.13. The van der Waals surface area contributed by atoms with Crippen LogP contribution in [-0.4, -0.2) is 14.0 Å². The molecule has 0 saturated heterocycles. The second-order valence-corrected chi connectivity index (χ2v) is 8.55. The Morgan fingerprint density at radius 2 is 1.60 bits per heavy atom. The Morgan fingerprint density at radius 1 is 1.05 bits per heavy atom. The molecule has 1 aromatic carbocycles. The van der Waals surface area contributed by atoms with Crippen LogP contribution >= 0.6 is 0 Å².